The van der Waals surface area contributed by atoms with Crippen molar-refractivity contribution in [3.8, 4) is 0 Å². The fraction of sp³-hybridized carbons (Fsp3) is 0.391. The summed E-state index contributed by atoms with van der Waals surface area (Å²) in [7, 11) is 0. The molecule has 1 atom stereocenters. The van der Waals surface area contributed by atoms with Gasteiger partial charge < -0.3 is 10.2 Å². The number of nitrogens with zero attached hydrogens (tertiary/aromatic N) is 1. The topological polar surface area (TPSA) is 49.4 Å². The molecule has 6 heteroatoms. The van der Waals surface area contributed by atoms with Crippen molar-refractivity contribution < 1.29 is 9.59 Å². The second-order valence-electron chi connectivity index (χ2n) is 7.62. The van der Waals surface area contributed by atoms with Crippen molar-refractivity contribution in [3.63, 3.8) is 0 Å². The smallest absolute Gasteiger partial charge is 0.242 e. The van der Waals surface area contributed by atoms with Crippen LogP contribution in [-0.2, 0) is 22.6 Å². The normalized spacial score (nSPS) is 15.1. The Morgan fingerprint density at radius 2 is 1.62 bits per heavy atom. The highest BCUT2D eigenvalue weighted by molar-refractivity contribution is 6.30. The lowest BCUT2D eigenvalue weighted by atomic mass is 10.1. The van der Waals surface area contributed by atoms with E-state index in [1.165, 1.54) is 0 Å². The molecule has 1 saturated carbocycles. The van der Waals surface area contributed by atoms with Crippen molar-refractivity contribution in [1.82, 2.24) is 10.2 Å². The Hall–Kier alpha value is -2.04. The second kappa shape index (κ2) is 10.1. The molecule has 0 aromatic heterocycles. The van der Waals surface area contributed by atoms with Crippen molar-refractivity contribution in [2.75, 3.05) is 0 Å². The zero-order valence-electron chi connectivity index (χ0n) is 16.5. The molecule has 1 N–H and O–H groups in total. The van der Waals surface area contributed by atoms with Gasteiger partial charge in [0.25, 0.3) is 0 Å². The van der Waals surface area contributed by atoms with E-state index in [-0.39, 0.29) is 24.3 Å². The Morgan fingerprint density at radius 1 is 1.03 bits per heavy atom. The van der Waals surface area contributed by atoms with Crippen molar-refractivity contribution in [3.05, 3.63) is 69.7 Å². The van der Waals surface area contributed by atoms with Crippen molar-refractivity contribution in [2.45, 2.75) is 57.7 Å². The first kappa shape index (κ1) is 21.7. The van der Waals surface area contributed by atoms with Crippen molar-refractivity contribution >= 4 is 35.0 Å². The monoisotopic (exact) mass is 432 g/mol. The van der Waals surface area contributed by atoms with Gasteiger partial charge in [0.15, 0.2) is 0 Å². The predicted octanol–water partition coefficient (Wildman–Crippen LogP) is 5.01. The van der Waals surface area contributed by atoms with Crippen LogP contribution >= 0.6 is 23.2 Å². The van der Waals surface area contributed by atoms with E-state index >= 15 is 0 Å². The number of benzene rings is 2. The molecule has 2 amide bonds. The molecule has 2 aromatic rings. The van der Waals surface area contributed by atoms with E-state index in [4.69, 9.17) is 23.2 Å². The Kier molecular flexibility index (Phi) is 7.57. The fourth-order valence-electron chi connectivity index (χ4n) is 3.73. The van der Waals surface area contributed by atoms with Gasteiger partial charge in [0.1, 0.15) is 6.04 Å². The largest absolute Gasteiger partial charge is 0.352 e. The standard InChI is InChI=1S/C23H26Cl2N2O2/c1-16(23(29)26-21-10-2-3-11-21)27(15-18-7-5-9-20(25)13-18)22(28)14-17-6-4-8-19(24)12-17/h4-9,12-13,16,21H,2-3,10-11,14-15H2,1H3,(H,26,29). The lowest BCUT2D eigenvalue weighted by Crippen LogP contribution is -2.50. The number of halogens is 2. The molecule has 1 unspecified atom stereocenters. The van der Waals surface area contributed by atoms with Gasteiger partial charge >= 0.3 is 0 Å². The average molecular weight is 433 g/mol. The molecule has 0 radical (unpaired) electrons. The molecule has 4 nitrogen and oxygen atoms in total. The lowest BCUT2D eigenvalue weighted by Gasteiger charge is -2.30. The van der Waals surface area contributed by atoms with E-state index < -0.39 is 6.04 Å². The fourth-order valence-corrected chi connectivity index (χ4v) is 4.16. The summed E-state index contributed by atoms with van der Waals surface area (Å²) in [6.07, 6.45) is 4.47. The molecule has 1 aliphatic rings. The van der Waals surface area contributed by atoms with Gasteiger partial charge in [-0.25, -0.2) is 0 Å². The van der Waals surface area contributed by atoms with Crippen molar-refractivity contribution in [1.29, 1.82) is 0 Å². The first-order chi connectivity index (χ1) is 13.9. The van der Waals surface area contributed by atoms with Gasteiger partial charge in [-0.1, -0.05) is 60.3 Å². The van der Waals surface area contributed by atoms with Gasteiger partial charge in [-0.2, -0.15) is 0 Å². The van der Waals surface area contributed by atoms with Crippen LogP contribution in [0.3, 0.4) is 0 Å². The third-order valence-electron chi connectivity index (χ3n) is 5.36. The molecule has 2 aromatic carbocycles. The number of hydrogen-bond donors (Lipinski definition) is 1. The quantitative estimate of drug-likeness (QED) is 0.667. The van der Waals surface area contributed by atoms with E-state index in [0.717, 1.165) is 36.8 Å². The molecule has 0 heterocycles. The Morgan fingerprint density at radius 3 is 2.24 bits per heavy atom. The van der Waals surface area contributed by atoms with Crippen LogP contribution < -0.4 is 5.32 Å². The van der Waals surface area contributed by atoms with E-state index in [0.29, 0.717) is 16.6 Å². The number of amides is 2. The number of carbonyl (C=O) groups is 2. The van der Waals surface area contributed by atoms with E-state index in [1.807, 2.05) is 30.3 Å². The molecule has 1 aliphatic carbocycles. The van der Waals surface area contributed by atoms with Gasteiger partial charge in [0.2, 0.25) is 11.8 Å². The molecule has 3 rings (SSSR count). The van der Waals surface area contributed by atoms with E-state index in [2.05, 4.69) is 5.32 Å². The number of hydrogen-bond acceptors (Lipinski definition) is 2. The van der Waals surface area contributed by atoms with Crippen LogP contribution in [0.5, 0.6) is 0 Å². The van der Waals surface area contributed by atoms with Crippen LogP contribution in [0, 0.1) is 0 Å². The highest BCUT2D eigenvalue weighted by Crippen LogP contribution is 2.20. The zero-order valence-corrected chi connectivity index (χ0v) is 18.0. The van der Waals surface area contributed by atoms with Crippen LogP contribution in [0.4, 0.5) is 0 Å². The van der Waals surface area contributed by atoms with Crippen LogP contribution in [0.2, 0.25) is 10.0 Å². The number of carbonyl (C=O) groups excluding carboxylic acids is 2. The van der Waals surface area contributed by atoms with Crippen LogP contribution in [-0.4, -0.2) is 28.8 Å². The van der Waals surface area contributed by atoms with Crippen LogP contribution in [0.1, 0.15) is 43.7 Å². The van der Waals surface area contributed by atoms with Crippen molar-refractivity contribution in [2.24, 2.45) is 0 Å². The SMILES string of the molecule is CC(C(=O)NC1CCCC1)N(Cc1cccc(Cl)c1)C(=O)Cc1cccc(Cl)c1. The third-order valence-corrected chi connectivity index (χ3v) is 5.83. The summed E-state index contributed by atoms with van der Waals surface area (Å²) in [6, 6.07) is 14.2. The van der Waals surface area contributed by atoms with Gasteiger partial charge in [-0.05, 0) is 55.2 Å². The molecule has 0 bridgehead atoms. The number of nitrogens with one attached hydrogen (secondary N) is 1. The maximum Gasteiger partial charge on any atom is 0.242 e. The minimum atomic E-state index is -0.582. The molecular weight excluding hydrogens is 407 g/mol. The minimum Gasteiger partial charge on any atom is -0.352 e. The first-order valence-electron chi connectivity index (χ1n) is 10.0. The molecule has 29 heavy (non-hydrogen) atoms. The molecule has 154 valence electrons. The molecule has 0 spiro atoms. The van der Waals surface area contributed by atoms with Gasteiger partial charge in [0.05, 0.1) is 6.42 Å². The number of rotatable bonds is 7. The predicted molar refractivity (Wildman–Crippen MR) is 117 cm³/mol. The first-order valence-corrected chi connectivity index (χ1v) is 10.8. The van der Waals surface area contributed by atoms with Gasteiger partial charge in [-0.3, -0.25) is 9.59 Å². The summed E-state index contributed by atoms with van der Waals surface area (Å²) in [5.41, 5.74) is 1.71. The highest BCUT2D eigenvalue weighted by Gasteiger charge is 2.28. The summed E-state index contributed by atoms with van der Waals surface area (Å²) in [4.78, 5) is 27.6. The van der Waals surface area contributed by atoms with E-state index in [1.54, 1.807) is 30.0 Å². The Bertz CT molecular complexity index is 865. The maximum absolute atomic E-state index is 13.2. The van der Waals surface area contributed by atoms with Gasteiger partial charge in [0, 0.05) is 22.6 Å². The third kappa shape index (κ3) is 6.22. The zero-order chi connectivity index (χ0) is 20.8. The molecule has 0 aliphatic heterocycles. The summed E-state index contributed by atoms with van der Waals surface area (Å²) < 4.78 is 0. The maximum atomic E-state index is 13.2. The molecular formula is C23H26Cl2N2O2. The average Bonchev–Trinajstić information content (AvgIpc) is 3.18. The summed E-state index contributed by atoms with van der Waals surface area (Å²) in [6.45, 7) is 2.10. The van der Waals surface area contributed by atoms with Gasteiger partial charge in [-0.15, -0.1) is 0 Å². The second-order valence-corrected chi connectivity index (χ2v) is 8.50. The summed E-state index contributed by atoms with van der Waals surface area (Å²) >= 11 is 12.2. The minimum absolute atomic E-state index is 0.113. The van der Waals surface area contributed by atoms with Crippen LogP contribution in [0.25, 0.3) is 0 Å². The summed E-state index contributed by atoms with van der Waals surface area (Å²) in [5, 5.41) is 4.30. The molecule has 1 fully saturated rings. The molecule has 0 saturated heterocycles. The Labute approximate surface area is 182 Å². The van der Waals surface area contributed by atoms with E-state index in [9.17, 15) is 9.59 Å². The highest BCUT2D eigenvalue weighted by atomic mass is 35.5. The lowest BCUT2D eigenvalue weighted by molar-refractivity contribution is -0.140. The Balaban J connectivity index is 1.77. The summed E-state index contributed by atoms with van der Waals surface area (Å²) in [5.74, 6) is -0.236. The van der Waals surface area contributed by atoms with Crippen LogP contribution in [0.15, 0.2) is 48.5 Å².